The van der Waals surface area contributed by atoms with E-state index in [0.717, 1.165) is 30.2 Å². The van der Waals surface area contributed by atoms with Crippen LogP contribution in [0.25, 0.3) is 11.3 Å². The highest BCUT2D eigenvalue weighted by atomic mass is 16.5. The zero-order valence-electron chi connectivity index (χ0n) is 10.8. The predicted molar refractivity (Wildman–Crippen MR) is 69.1 cm³/mol. The molecule has 2 aromatic rings. The average Bonchev–Trinajstić information content (AvgIpc) is 3.03. The molecule has 0 saturated heterocycles. The number of aryl methyl sites for hydroxylation is 1. The van der Waals surface area contributed by atoms with Crippen LogP contribution in [0.1, 0.15) is 12.7 Å². The molecule has 0 unspecified atom stereocenters. The van der Waals surface area contributed by atoms with Gasteiger partial charge in [-0.25, -0.2) is 4.98 Å². The SMILES string of the molecule is CCn1cc(-c2cnc(CNCCOC)[nH]2)cn1. The number of nitrogens with zero attached hydrogens (tertiary/aromatic N) is 3. The first kappa shape index (κ1) is 12.8. The average molecular weight is 249 g/mol. The lowest BCUT2D eigenvalue weighted by molar-refractivity contribution is 0.199. The number of ether oxygens (including phenoxy) is 1. The summed E-state index contributed by atoms with van der Waals surface area (Å²) in [5.41, 5.74) is 2.06. The number of aromatic nitrogens is 4. The third-order valence-corrected chi connectivity index (χ3v) is 2.67. The summed E-state index contributed by atoms with van der Waals surface area (Å²) in [6.45, 7) is 5.18. The van der Waals surface area contributed by atoms with Crippen LogP contribution >= 0.6 is 0 Å². The Bertz CT molecular complexity index is 476. The summed E-state index contributed by atoms with van der Waals surface area (Å²) in [6, 6.07) is 0. The first-order chi connectivity index (χ1) is 8.83. The third kappa shape index (κ3) is 3.18. The first-order valence-corrected chi connectivity index (χ1v) is 6.10. The molecule has 0 aromatic carbocycles. The molecule has 0 aliphatic heterocycles. The summed E-state index contributed by atoms with van der Waals surface area (Å²) >= 11 is 0. The van der Waals surface area contributed by atoms with E-state index >= 15 is 0 Å². The highest BCUT2D eigenvalue weighted by molar-refractivity contribution is 5.55. The van der Waals surface area contributed by atoms with E-state index in [0.29, 0.717) is 13.2 Å². The van der Waals surface area contributed by atoms with Gasteiger partial charge in [-0.2, -0.15) is 5.10 Å². The number of rotatable bonds is 7. The van der Waals surface area contributed by atoms with Gasteiger partial charge in [0.2, 0.25) is 0 Å². The molecule has 0 amide bonds. The van der Waals surface area contributed by atoms with Gasteiger partial charge in [-0.1, -0.05) is 0 Å². The molecule has 0 fully saturated rings. The van der Waals surface area contributed by atoms with E-state index in [1.165, 1.54) is 0 Å². The van der Waals surface area contributed by atoms with Crippen molar-refractivity contribution in [1.82, 2.24) is 25.1 Å². The Hall–Kier alpha value is -1.66. The standard InChI is InChI=1S/C12H19N5O/c1-3-17-9-10(6-15-17)11-7-14-12(16-11)8-13-4-5-18-2/h6-7,9,13H,3-5,8H2,1-2H3,(H,14,16). The second kappa shape index (κ2) is 6.32. The maximum atomic E-state index is 4.97. The number of imidazole rings is 1. The van der Waals surface area contributed by atoms with Gasteiger partial charge in [-0.05, 0) is 6.92 Å². The molecule has 0 aliphatic rings. The molecule has 18 heavy (non-hydrogen) atoms. The van der Waals surface area contributed by atoms with Gasteiger partial charge in [0.1, 0.15) is 5.82 Å². The Kier molecular flexibility index (Phi) is 4.49. The van der Waals surface area contributed by atoms with E-state index in [1.807, 2.05) is 23.3 Å². The molecule has 6 heteroatoms. The van der Waals surface area contributed by atoms with E-state index in [1.54, 1.807) is 7.11 Å². The molecule has 0 aliphatic carbocycles. The minimum absolute atomic E-state index is 0.705. The summed E-state index contributed by atoms with van der Waals surface area (Å²) in [5, 5.41) is 7.49. The Morgan fingerprint density at radius 2 is 2.33 bits per heavy atom. The lowest BCUT2D eigenvalue weighted by Gasteiger charge is -2.00. The molecule has 0 saturated carbocycles. The number of aromatic amines is 1. The largest absolute Gasteiger partial charge is 0.383 e. The van der Waals surface area contributed by atoms with Crippen LogP contribution in [0.15, 0.2) is 18.6 Å². The van der Waals surface area contributed by atoms with Gasteiger partial charge in [0.25, 0.3) is 0 Å². The van der Waals surface area contributed by atoms with E-state index in [9.17, 15) is 0 Å². The van der Waals surface area contributed by atoms with Crippen LogP contribution in [0, 0.1) is 0 Å². The van der Waals surface area contributed by atoms with Gasteiger partial charge in [-0.15, -0.1) is 0 Å². The van der Waals surface area contributed by atoms with Crippen LogP contribution in [-0.4, -0.2) is 40.0 Å². The second-order valence-corrected chi connectivity index (χ2v) is 4.00. The zero-order valence-corrected chi connectivity index (χ0v) is 10.8. The van der Waals surface area contributed by atoms with Crippen LogP contribution in [0.3, 0.4) is 0 Å². The monoisotopic (exact) mass is 249 g/mol. The summed E-state index contributed by atoms with van der Waals surface area (Å²) in [5.74, 6) is 0.922. The normalized spacial score (nSPS) is 11.0. The van der Waals surface area contributed by atoms with Crippen molar-refractivity contribution >= 4 is 0 Å². The molecule has 6 nitrogen and oxygen atoms in total. The molecular weight excluding hydrogens is 230 g/mol. The highest BCUT2D eigenvalue weighted by Crippen LogP contribution is 2.15. The number of H-pyrrole nitrogens is 1. The number of hydrogen-bond donors (Lipinski definition) is 2. The molecule has 2 rings (SSSR count). The minimum Gasteiger partial charge on any atom is -0.383 e. The molecule has 2 aromatic heterocycles. The molecular formula is C12H19N5O. The second-order valence-electron chi connectivity index (χ2n) is 4.00. The summed E-state index contributed by atoms with van der Waals surface area (Å²) in [4.78, 5) is 7.61. The van der Waals surface area contributed by atoms with Gasteiger partial charge in [0.05, 0.1) is 31.2 Å². The van der Waals surface area contributed by atoms with Crippen molar-refractivity contribution in [3.8, 4) is 11.3 Å². The van der Waals surface area contributed by atoms with Crippen molar-refractivity contribution in [3.05, 3.63) is 24.4 Å². The van der Waals surface area contributed by atoms with Crippen LogP contribution in [0.2, 0.25) is 0 Å². The number of methoxy groups -OCH3 is 1. The van der Waals surface area contributed by atoms with Crippen LogP contribution in [0.4, 0.5) is 0 Å². The zero-order chi connectivity index (χ0) is 12.8. The fourth-order valence-corrected chi connectivity index (χ4v) is 1.66. The molecule has 0 bridgehead atoms. The fourth-order valence-electron chi connectivity index (χ4n) is 1.66. The van der Waals surface area contributed by atoms with E-state index < -0.39 is 0 Å². The Labute approximate surface area is 106 Å². The van der Waals surface area contributed by atoms with Crippen molar-refractivity contribution in [2.75, 3.05) is 20.3 Å². The summed E-state index contributed by atoms with van der Waals surface area (Å²) in [6.07, 6.45) is 5.69. The van der Waals surface area contributed by atoms with Gasteiger partial charge >= 0.3 is 0 Å². The highest BCUT2D eigenvalue weighted by Gasteiger charge is 2.05. The van der Waals surface area contributed by atoms with E-state index in [4.69, 9.17) is 4.74 Å². The van der Waals surface area contributed by atoms with Gasteiger partial charge < -0.3 is 15.0 Å². The molecule has 2 heterocycles. The minimum atomic E-state index is 0.705. The predicted octanol–water partition coefficient (Wildman–Crippen LogP) is 1.03. The Morgan fingerprint density at radius 1 is 1.44 bits per heavy atom. The van der Waals surface area contributed by atoms with Crippen molar-refractivity contribution in [3.63, 3.8) is 0 Å². The van der Waals surface area contributed by atoms with Crippen molar-refractivity contribution in [2.24, 2.45) is 0 Å². The first-order valence-electron chi connectivity index (χ1n) is 6.10. The van der Waals surface area contributed by atoms with Crippen molar-refractivity contribution < 1.29 is 4.74 Å². The molecule has 2 N–H and O–H groups in total. The van der Waals surface area contributed by atoms with E-state index in [-0.39, 0.29) is 0 Å². The van der Waals surface area contributed by atoms with Crippen molar-refractivity contribution in [2.45, 2.75) is 20.0 Å². The quantitative estimate of drug-likeness (QED) is 0.719. The topological polar surface area (TPSA) is 67.8 Å². The van der Waals surface area contributed by atoms with E-state index in [2.05, 4.69) is 27.3 Å². The lowest BCUT2D eigenvalue weighted by Crippen LogP contribution is -2.19. The lowest BCUT2D eigenvalue weighted by atomic mass is 10.3. The van der Waals surface area contributed by atoms with Gasteiger partial charge in [0.15, 0.2) is 0 Å². The molecule has 0 radical (unpaired) electrons. The number of hydrogen-bond acceptors (Lipinski definition) is 4. The van der Waals surface area contributed by atoms with Gasteiger partial charge in [-0.3, -0.25) is 4.68 Å². The maximum Gasteiger partial charge on any atom is 0.120 e. The Balaban J connectivity index is 1.93. The van der Waals surface area contributed by atoms with Crippen LogP contribution in [0.5, 0.6) is 0 Å². The number of nitrogens with one attached hydrogen (secondary N) is 2. The smallest absolute Gasteiger partial charge is 0.120 e. The van der Waals surface area contributed by atoms with Gasteiger partial charge in [0, 0.05) is 32.0 Å². The summed E-state index contributed by atoms with van der Waals surface area (Å²) < 4.78 is 6.86. The molecule has 0 spiro atoms. The maximum absolute atomic E-state index is 4.97. The summed E-state index contributed by atoms with van der Waals surface area (Å²) in [7, 11) is 1.69. The molecule has 0 atom stereocenters. The molecule has 98 valence electrons. The fraction of sp³-hybridized carbons (Fsp3) is 0.500. The van der Waals surface area contributed by atoms with Crippen LogP contribution in [-0.2, 0) is 17.8 Å². The van der Waals surface area contributed by atoms with Crippen molar-refractivity contribution in [1.29, 1.82) is 0 Å². The third-order valence-electron chi connectivity index (χ3n) is 2.67. The van der Waals surface area contributed by atoms with Crippen LogP contribution < -0.4 is 5.32 Å². The Morgan fingerprint density at radius 3 is 3.06 bits per heavy atom.